The molecule has 0 spiro atoms. The van der Waals surface area contributed by atoms with Crippen molar-refractivity contribution in [3.63, 3.8) is 0 Å². The Balaban J connectivity index is 1.63. The maximum absolute atomic E-state index is 5.76. The third-order valence-electron chi connectivity index (χ3n) is 3.37. The maximum atomic E-state index is 5.76. The number of rotatable bonds is 5. The number of benzene rings is 3. The Bertz CT molecular complexity index is 839. The summed E-state index contributed by atoms with van der Waals surface area (Å²) in [6.45, 7) is 0. The molecule has 0 radical (unpaired) electrons. The Kier molecular flexibility index (Phi) is 4.38. The highest BCUT2D eigenvalue weighted by molar-refractivity contribution is 5.65. The molecular weight excluding hydrogens is 316 g/mol. The molecule has 0 aliphatic heterocycles. The Morgan fingerprint density at radius 3 is 1.56 bits per heavy atom. The number of anilines is 6. The second-order valence-electron chi connectivity index (χ2n) is 5.60. The van der Waals surface area contributed by atoms with Crippen molar-refractivity contribution in [3.8, 4) is 11.5 Å². The van der Waals surface area contributed by atoms with Crippen LogP contribution in [0.25, 0.3) is 0 Å². The van der Waals surface area contributed by atoms with E-state index in [9.17, 15) is 0 Å². The maximum Gasteiger partial charge on any atom is 0.131 e. The van der Waals surface area contributed by atoms with Gasteiger partial charge in [-0.1, -0.05) is 0 Å². The van der Waals surface area contributed by atoms with Crippen molar-refractivity contribution in [3.05, 3.63) is 60.7 Å². The molecule has 0 aliphatic carbocycles. The lowest BCUT2D eigenvalue weighted by Crippen LogP contribution is -2.09. The van der Waals surface area contributed by atoms with E-state index >= 15 is 0 Å². The molecule has 0 unspecified atom stereocenters. The second kappa shape index (κ2) is 6.79. The predicted molar refractivity (Wildman–Crippen MR) is 104 cm³/mol. The molecule has 0 fully saturated rings. The van der Waals surface area contributed by atoms with Gasteiger partial charge in [-0.25, -0.2) is 0 Å². The average Bonchev–Trinajstić information content (AvgIpc) is 2.52. The van der Waals surface area contributed by atoms with E-state index in [1.807, 2.05) is 24.3 Å². The number of nitrogens with one attached hydrogen (secondary N) is 2. The molecule has 0 atom stereocenters. The first-order valence-corrected chi connectivity index (χ1v) is 7.60. The fourth-order valence-corrected chi connectivity index (χ4v) is 2.34. The van der Waals surface area contributed by atoms with Crippen LogP contribution < -0.4 is 38.5 Å². The van der Waals surface area contributed by atoms with Gasteiger partial charge in [-0.05, 0) is 48.5 Å². The third-order valence-corrected chi connectivity index (χ3v) is 3.37. The lowest BCUT2D eigenvalue weighted by molar-refractivity contribution is 0.483. The average molecular weight is 336 g/mol. The van der Waals surface area contributed by atoms with Crippen molar-refractivity contribution in [2.45, 2.75) is 0 Å². The molecule has 128 valence electrons. The molecule has 3 aromatic carbocycles. The largest absolute Gasteiger partial charge is 0.457 e. The molecule has 0 aromatic heterocycles. The summed E-state index contributed by atoms with van der Waals surface area (Å²) in [4.78, 5) is 0. The van der Waals surface area contributed by atoms with E-state index in [1.165, 1.54) is 0 Å². The lowest BCUT2D eigenvalue weighted by Gasteiger charge is -2.12. The molecule has 0 bridgehead atoms. The minimum Gasteiger partial charge on any atom is -0.457 e. The van der Waals surface area contributed by atoms with Gasteiger partial charge in [-0.15, -0.1) is 0 Å². The minimum absolute atomic E-state index is 0.555. The molecule has 0 aliphatic rings. The van der Waals surface area contributed by atoms with Gasteiger partial charge in [0, 0.05) is 34.9 Å². The second-order valence-corrected chi connectivity index (χ2v) is 5.60. The summed E-state index contributed by atoms with van der Waals surface area (Å²) in [6.07, 6.45) is 0. The van der Waals surface area contributed by atoms with Crippen molar-refractivity contribution in [1.82, 2.24) is 0 Å². The quantitative estimate of drug-likeness (QED) is 0.311. The first-order chi connectivity index (χ1) is 12.0. The van der Waals surface area contributed by atoms with Crippen LogP contribution in [0.1, 0.15) is 0 Å². The standard InChI is InChI=1S/C18H20N6O/c19-11-5-12(20)8-16(7-11)24-23-15-1-3-17(4-2-15)25-18-9-13(21)6-14(22)10-18/h1-10,23-24H,19-22H2. The molecule has 3 rings (SSSR count). The van der Waals surface area contributed by atoms with Crippen LogP contribution in [0.4, 0.5) is 34.1 Å². The number of nitrogen functional groups attached to an aromatic ring is 4. The molecule has 7 heteroatoms. The Labute approximate surface area is 145 Å². The van der Waals surface area contributed by atoms with E-state index in [-0.39, 0.29) is 0 Å². The van der Waals surface area contributed by atoms with Crippen LogP contribution in [0.2, 0.25) is 0 Å². The molecule has 0 saturated carbocycles. The van der Waals surface area contributed by atoms with Gasteiger partial charge in [-0.2, -0.15) is 0 Å². The molecular formula is C18H20N6O. The topological polar surface area (TPSA) is 137 Å². The smallest absolute Gasteiger partial charge is 0.131 e. The minimum atomic E-state index is 0.555. The summed E-state index contributed by atoms with van der Waals surface area (Å²) in [5.41, 5.74) is 33.1. The fourth-order valence-electron chi connectivity index (χ4n) is 2.34. The fraction of sp³-hybridized carbons (Fsp3) is 0. The Morgan fingerprint density at radius 1 is 0.520 bits per heavy atom. The van der Waals surface area contributed by atoms with Crippen molar-refractivity contribution in [2.24, 2.45) is 0 Å². The Morgan fingerprint density at radius 2 is 1.00 bits per heavy atom. The number of nitrogens with two attached hydrogens (primary N) is 4. The highest BCUT2D eigenvalue weighted by Gasteiger charge is 2.01. The van der Waals surface area contributed by atoms with Crippen LogP contribution in [0.15, 0.2) is 60.7 Å². The zero-order valence-electron chi connectivity index (χ0n) is 13.5. The zero-order chi connectivity index (χ0) is 17.8. The van der Waals surface area contributed by atoms with Gasteiger partial charge in [0.05, 0.1) is 11.4 Å². The van der Waals surface area contributed by atoms with Gasteiger partial charge >= 0.3 is 0 Å². The van der Waals surface area contributed by atoms with E-state index in [2.05, 4.69) is 10.9 Å². The summed E-state index contributed by atoms with van der Waals surface area (Å²) in [5.74, 6) is 1.26. The van der Waals surface area contributed by atoms with Crippen LogP contribution in [-0.2, 0) is 0 Å². The number of hydrogen-bond acceptors (Lipinski definition) is 7. The van der Waals surface area contributed by atoms with Gasteiger partial charge in [0.25, 0.3) is 0 Å². The third kappa shape index (κ3) is 4.38. The summed E-state index contributed by atoms with van der Waals surface area (Å²) in [5, 5.41) is 0. The summed E-state index contributed by atoms with van der Waals surface area (Å²) in [7, 11) is 0. The molecule has 3 aromatic rings. The monoisotopic (exact) mass is 336 g/mol. The van der Waals surface area contributed by atoms with Gasteiger partial charge in [-0.3, -0.25) is 0 Å². The molecule has 7 nitrogen and oxygen atoms in total. The van der Waals surface area contributed by atoms with Gasteiger partial charge < -0.3 is 38.5 Å². The predicted octanol–water partition coefficient (Wildman–Crippen LogP) is 3.25. The van der Waals surface area contributed by atoms with Gasteiger partial charge in [0.2, 0.25) is 0 Å². The first-order valence-electron chi connectivity index (χ1n) is 7.60. The van der Waals surface area contributed by atoms with E-state index < -0.39 is 0 Å². The number of ether oxygens (including phenoxy) is 1. The Hall–Kier alpha value is -3.74. The zero-order valence-corrected chi connectivity index (χ0v) is 13.5. The number of hydrogen-bond donors (Lipinski definition) is 6. The number of hydrazine groups is 1. The van der Waals surface area contributed by atoms with E-state index in [0.29, 0.717) is 34.2 Å². The normalized spacial score (nSPS) is 10.2. The van der Waals surface area contributed by atoms with Crippen LogP contribution in [0.5, 0.6) is 11.5 Å². The van der Waals surface area contributed by atoms with Crippen molar-refractivity contribution in [1.29, 1.82) is 0 Å². The van der Waals surface area contributed by atoms with E-state index in [1.54, 1.807) is 36.4 Å². The molecule has 0 saturated heterocycles. The van der Waals surface area contributed by atoms with Gasteiger partial charge in [0.1, 0.15) is 11.5 Å². The summed E-state index contributed by atoms with van der Waals surface area (Å²) >= 11 is 0. The van der Waals surface area contributed by atoms with E-state index in [4.69, 9.17) is 27.7 Å². The van der Waals surface area contributed by atoms with Crippen LogP contribution in [-0.4, -0.2) is 0 Å². The molecule has 25 heavy (non-hydrogen) atoms. The van der Waals surface area contributed by atoms with Crippen molar-refractivity contribution >= 4 is 34.1 Å². The highest BCUT2D eigenvalue weighted by Crippen LogP contribution is 2.27. The van der Waals surface area contributed by atoms with Crippen LogP contribution in [0, 0.1) is 0 Å². The molecule has 0 heterocycles. The molecule has 10 N–H and O–H groups in total. The first kappa shape index (κ1) is 16.1. The van der Waals surface area contributed by atoms with Crippen molar-refractivity contribution in [2.75, 3.05) is 33.8 Å². The summed E-state index contributed by atoms with van der Waals surface area (Å²) in [6, 6.07) is 17.8. The van der Waals surface area contributed by atoms with E-state index in [0.717, 1.165) is 11.4 Å². The lowest BCUT2D eigenvalue weighted by atomic mass is 10.2. The van der Waals surface area contributed by atoms with Crippen LogP contribution in [0.3, 0.4) is 0 Å². The van der Waals surface area contributed by atoms with Crippen molar-refractivity contribution < 1.29 is 4.74 Å². The van der Waals surface area contributed by atoms with Crippen LogP contribution >= 0.6 is 0 Å². The molecule has 0 amide bonds. The SMILES string of the molecule is Nc1cc(N)cc(NNc2ccc(Oc3cc(N)cc(N)c3)cc2)c1. The summed E-state index contributed by atoms with van der Waals surface area (Å²) < 4.78 is 5.75. The highest BCUT2D eigenvalue weighted by atomic mass is 16.5. The van der Waals surface area contributed by atoms with Gasteiger partial charge in [0.15, 0.2) is 0 Å².